The second-order valence-electron chi connectivity index (χ2n) is 6.54. The zero-order chi connectivity index (χ0) is 22.4. The summed E-state index contributed by atoms with van der Waals surface area (Å²) >= 11 is 0. The van der Waals surface area contributed by atoms with E-state index in [0.717, 1.165) is 13.8 Å². The highest BCUT2D eigenvalue weighted by molar-refractivity contribution is 5.68. The van der Waals surface area contributed by atoms with E-state index in [1.54, 1.807) is 6.92 Å². The van der Waals surface area contributed by atoms with E-state index in [1.165, 1.54) is 31.2 Å². The predicted octanol–water partition coefficient (Wildman–Crippen LogP) is 1.90. The van der Waals surface area contributed by atoms with Crippen LogP contribution in [0.3, 0.4) is 0 Å². The molecule has 1 fully saturated rings. The van der Waals surface area contributed by atoms with Gasteiger partial charge in [-0.2, -0.15) is 0 Å². The lowest BCUT2D eigenvalue weighted by Gasteiger charge is -2.44. The van der Waals surface area contributed by atoms with E-state index in [2.05, 4.69) is 0 Å². The summed E-state index contributed by atoms with van der Waals surface area (Å²) in [7, 11) is 0. The minimum Gasteiger partial charge on any atom is -0.461 e. The van der Waals surface area contributed by atoms with Crippen molar-refractivity contribution in [2.24, 2.45) is 0 Å². The Morgan fingerprint density at radius 3 is 1.90 bits per heavy atom. The van der Waals surface area contributed by atoms with E-state index in [4.69, 9.17) is 23.7 Å². The van der Waals surface area contributed by atoms with Crippen LogP contribution in [0.25, 0.3) is 0 Å². The fourth-order valence-electron chi connectivity index (χ4n) is 3.06. The number of esters is 3. The number of hydrogen-bond acceptors (Lipinski definition) is 10. The second kappa shape index (κ2) is 10.0. The number of non-ortho nitro benzene ring substituents is 1. The van der Waals surface area contributed by atoms with Crippen molar-refractivity contribution in [3.8, 4) is 5.75 Å². The van der Waals surface area contributed by atoms with Gasteiger partial charge in [0.15, 0.2) is 12.2 Å². The van der Waals surface area contributed by atoms with Crippen molar-refractivity contribution in [1.82, 2.24) is 0 Å². The average molecular weight is 425 g/mol. The predicted molar refractivity (Wildman–Crippen MR) is 99.3 cm³/mol. The summed E-state index contributed by atoms with van der Waals surface area (Å²) in [5, 5.41) is 10.8. The molecular weight excluding hydrogens is 402 g/mol. The average Bonchev–Trinajstić information content (AvgIpc) is 2.65. The third kappa shape index (κ3) is 5.89. The number of rotatable bonds is 7. The number of nitrogens with zero attached hydrogens (tertiary/aromatic N) is 1. The van der Waals surface area contributed by atoms with Crippen LogP contribution in [-0.2, 0) is 33.3 Å². The third-order valence-corrected chi connectivity index (χ3v) is 4.20. The lowest BCUT2D eigenvalue weighted by Crippen LogP contribution is -2.62. The minimum atomic E-state index is -1.26. The van der Waals surface area contributed by atoms with Crippen LogP contribution in [0.2, 0.25) is 0 Å². The molecule has 1 heterocycles. The van der Waals surface area contributed by atoms with Gasteiger partial charge in [0.05, 0.1) is 4.92 Å². The highest BCUT2D eigenvalue weighted by Crippen LogP contribution is 2.32. The van der Waals surface area contributed by atoms with Crippen molar-refractivity contribution < 1.29 is 43.0 Å². The molecule has 0 amide bonds. The van der Waals surface area contributed by atoms with Gasteiger partial charge in [-0.1, -0.05) is 6.92 Å². The molecular formula is C19H23NO10. The number of benzene rings is 1. The molecule has 1 aliphatic heterocycles. The smallest absolute Gasteiger partial charge is 0.303 e. The maximum absolute atomic E-state index is 11.7. The molecule has 164 valence electrons. The van der Waals surface area contributed by atoms with Crippen LogP contribution in [0.1, 0.15) is 34.1 Å². The molecule has 0 N–H and O–H groups in total. The maximum atomic E-state index is 11.7. The summed E-state index contributed by atoms with van der Waals surface area (Å²) in [5.41, 5.74) is -0.136. The van der Waals surface area contributed by atoms with E-state index in [-0.39, 0.29) is 11.4 Å². The van der Waals surface area contributed by atoms with Crippen LogP contribution in [0.5, 0.6) is 5.75 Å². The van der Waals surface area contributed by atoms with Crippen molar-refractivity contribution in [3.63, 3.8) is 0 Å². The lowest BCUT2D eigenvalue weighted by molar-refractivity contribution is -0.384. The summed E-state index contributed by atoms with van der Waals surface area (Å²) in [6.07, 6.45) is -5.06. The fraction of sp³-hybridized carbons (Fsp3) is 0.526. The Morgan fingerprint density at radius 1 is 0.933 bits per heavy atom. The van der Waals surface area contributed by atoms with Crippen LogP contribution in [-0.4, -0.2) is 53.5 Å². The Hall–Kier alpha value is -3.21. The van der Waals surface area contributed by atoms with Crippen LogP contribution in [0.4, 0.5) is 5.69 Å². The topological polar surface area (TPSA) is 141 Å². The SMILES string of the molecule is CC[C@H]1O[C@@H](Oc2ccc([N+](=O)[O-])cc2)[C@H](OC(C)=O)[C@@H](OC(C)=O)[C@H]1OC(C)=O. The van der Waals surface area contributed by atoms with Gasteiger partial charge in [-0.15, -0.1) is 0 Å². The maximum Gasteiger partial charge on any atom is 0.303 e. The highest BCUT2D eigenvalue weighted by Gasteiger charge is 2.52. The molecule has 0 saturated carbocycles. The third-order valence-electron chi connectivity index (χ3n) is 4.20. The van der Waals surface area contributed by atoms with E-state index < -0.39 is 53.5 Å². The summed E-state index contributed by atoms with van der Waals surface area (Å²) in [5.74, 6) is -1.81. The quantitative estimate of drug-likeness (QED) is 0.275. The van der Waals surface area contributed by atoms with Gasteiger partial charge in [0.1, 0.15) is 11.9 Å². The highest BCUT2D eigenvalue weighted by atomic mass is 16.7. The number of carbonyl (C=O) groups is 3. The summed E-state index contributed by atoms with van der Waals surface area (Å²) < 4.78 is 27.5. The number of ether oxygens (including phenoxy) is 5. The minimum absolute atomic E-state index is 0.136. The van der Waals surface area contributed by atoms with Crippen LogP contribution in [0.15, 0.2) is 24.3 Å². The van der Waals surface area contributed by atoms with Crippen molar-refractivity contribution in [2.45, 2.75) is 64.8 Å². The molecule has 30 heavy (non-hydrogen) atoms. The molecule has 0 radical (unpaired) electrons. The Kier molecular flexibility index (Phi) is 7.70. The number of nitro benzene ring substituents is 1. The van der Waals surface area contributed by atoms with E-state index in [0.29, 0.717) is 6.42 Å². The molecule has 0 aliphatic carbocycles. The zero-order valence-electron chi connectivity index (χ0n) is 16.9. The standard InChI is InChI=1S/C19H23NO10/c1-5-15-16(26-10(2)21)17(27-11(3)22)18(28-12(4)23)19(30-15)29-14-8-6-13(7-9-14)20(24)25/h6-9,15-19H,5H2,1-4H3/t15-,16+,17+,18-,19-/m1/s1. The van der Waals surface area contributed by atoms with Gasteiger partial charge in [-0.25, -0.2) is 0 Å². The molecule has 1 aliphatic rings. The van der Waals surface area contributed by atoms with Gasteiger partial charge in [0.25, 0.3) is 5.69 Å². The first kappa shape index (κ1) is 23.1. The second-order valence-corrected chi connectivity index (χ2v) is 6.54. The number of carbonyl (C=O) groups excluding carboxylic acids is 3. The molecule has 0 spiro atoms. The molecule has 1 aromatic carbocycles. The Morgan fingerprint density at radius 2 is 1.43 bits per heavy atom. The van der Waals surface area contributed by atoms with Gasteiger partial charge < -0.3 is 23.7 Å². The van der Waals surface area contributed by atoms with Gasteiger partial charge in [0, 0.05) is 32.9 Å². The molecule has 2 rings (SSSR count). The van der Waals surface area contributed by atoms with Gasteiger partial charge in [0.2, 0.25) is 12.4 Å². The van der Waals surface area contributed by atoms with Crippen molar-refractivity contribution in [2.75, 3.05) is 0 Å². The Bertz CT molecular complexity index is 793. The van der Waals surface area contributed by atoms with E-state index in [9.17, 15) is 24.5 Å². The van der Waals surface area contributed by atoms with E-state index in [1.807, 2.05) is 0 Å². The van der Waals surface area contributed by atoms with Gasteiger partial charge >= 0.3 is 17.9 Å². The van der Waals surface area contributed by atoms with Gasteiger partial charge in [-0.05, 0) is 18.6 Å². The number of nitro groups is 1. The molecule has 0 aromatic heterocycles. The van der Waals surface area contributed by atoms with Crippen LogP contribution in [0, 0.1) is 10.1 Å². The Labute approximate surface area is 172 Å². The van der Waals surface area contributed by atoms with Crippen molar-refractivity contribution in [1.29, 1.82) is 0 Å². The first-order valence-electron chi connectivity index (χ1n) is 9.20. The monoisotopic (exact) mass is 425 g/mol. The molecule has 5 atom stereocenters. The molecule has 0 bridgehead atoms. The zero-order valence-corrected chi connectivity index (χ0v) is 16.9. The van der Waals surface area contributed by atoms with E-state index >= 15 is 0 Å². The first-order chi connectivity index (χ1) is 14.1. The summed E-state index contributed by atoms with van der Waals surface area (Å²) in [6.45, 7) is 5.28. The normalized spacial score (nSPS) is 25.7. The first-order valence-corrected chi connectivity index (χ1v) is 9.20. The molecule has 11 nitrogen and oxygen atoms in total. The molecule has 0 unspecified atom stereocenters. The molecule has 1 aromatic rings. The summed E-state index contributed by atoms with van der Waals surface area (Å²) in [6, 6.07) is 5.18. The lowest BCUT2D eigenvalue weighted by atomic mass is 9.96. The Balaban J connectivity index is 2.38. The fourth-order valence-corrected chi connectivity index (χ4v) is 3.06. The summed E-state index contributed by atoms with van der Waals surface area (Å²) in [4.78, 5) is 45.2. The molecule has 11 heteroatoms. The molecule has 1 saturated heterocycles. The van der Waals surface area contributed by atoms with Crippen LogP contribution < -0.4 is 4.74 Å². The van der Waals surface area contributed by atoms with Crippen molar-refractivity contribution >= 4 is 23.6 Å². The van der Waals surface area contributed by atoms with Crippen molar-refractivity contribution in [3.05, 3.63) is 34.4 Å². The number of hydrogen-bond donors (Lipinski definition) is 0. The van der Waals surface area contributed by atoms with Crippen LogP contribution >= 0.6 is 0 Å². The van der Waals surface area contributed by atoms with Gasteiger partial charge in [-0.3, -0.25) is 24.5 Å². The largest absolute Gasteiger partial charge is 0.461 e.